The van der Waals surface area contributed by atoms with E-state index in [9.17, 15) is 9.59 Å². The molecule has 0 bridgehead atoms. The number of nitrogens with one attached hydrogen (secondary N) is 1. The zero-order chi connectivity index (χ0) is 19.5. The average Bonchev–Trinajstić information content (AvgIpc) is 3.07. The Morgan fingerprint density at radius 2 is 1.61 bits per heavy atom. The van der Waals surface area contributed by atoms with Crippen LogP contribution in [0.15, 0.2) is 85.2 Å². The third kappa shape index (κ3) is 3.79. The van der Waals surface area contributed by atoms with Gasteiger partial charge in [0.05, 0.1) is 0 Å². The Balaban J connectivity index is 1.73. The second-order valence-corrected chi connectivity index (χ2v) is 8.32. The van der Waals surface area contributed by atoms with Crippen LogP contribution < -0.4 is 11.2 Å². The summed E-state index contributed by atoms with van der Waals surface area (Å²) in [5, 5.41) is 0.696. The Morgan fingerprint density at radius 3 is 2.29 bits per heavy atom. The van der Waals surface area contributed by atoms with Crippen molar-refractivity contribution in [3.8, 4) is 0 Å². The number of rotatable bonds is 6. The molecule has 2 heterocycles. The monoisotopic (exact) mass is 410 g/mol. The lowest BCUT2D eigenvalue weighted by Gasteiger charge is -2.08. The minimum Gasteiger partial charge on any atom is -0.312 e. The van der Waals surface area contributed by atoms with Crippen LogP contribution in [-0.2, 0) is 13.6 Å². The number of fused-ring (bicyclic) bond motifs is 1. The first-order valence-electron chi connectivity index (χ1n) is 8.74. The van der Waals surface area contributed by atoms with Gasteiger partial charge in [-0.2, -0.15) is 0 Å². The zero-order valence-corrected chi connectivity index (χ0v) is 16.8. The van der Waals surface area contributed by atoms with E-state index in [0.717, 1.165) is 10.6 Å². The first kappa shape index (κ1) is 18.6. The summed E-state index contributed by atoms with van der Waals surface area (Å²) in [5.41, 5.74) is -0.0432. The van der Waals surface area contributed by atoms with E-state index in [0.29, 0.717) is 22.9 Å². The summed E-state index contributed by atoms with van der Waals surface area (Å²) < 4.78 is 3.29. The summed E-state index contributed by atoms with van der Waals surface area (Å²) >= 11 is 3.20. The van der Waals surface area contributed by atoms with E-state index in [2.05, 4.69) is 22.1 Å². The number of aryl methyl sites for hydroxylation is 2. The van der Waals surface area contributed by atoms with E-state index in [-0.39, 0.29) is 0 Å². The predicted molar refractivity (Wildman–Crippen MR) is 113 cm³/mol. The SMILES string of the molecule is Cn1c(=O)[nH]c(=O)c2c1nc(Sc1ccccc1)n2CCSc1ccccc1. The number of aromatic amines is 1. The van der Waals surface area contributed by atoms with Gasteiger partial charge < -0.3 is 4.57 Å². The van der Waals surface area contributed by atoms with E-state index in [1.807, 2.05) is 53.1 Å². The van der Waals surface area contributed by atoms with E-state index in [1.165, 1.54) is 21.2 Å². The Labute approximate surface area is 169 Å². The Hall–Kier alpha value is -2.71. The molecule has 0 aliphatic rings. The van der Waals surface area contributed by atoms with Crippen molar-refractivity contribution in [2.75, 3.05) is 5.75 Å². The molecule has 0 amide bonds. The van der Waals surface area contributed by atoms with Crippen molar-refractivity contribution < 1.29 is 0 Å². The number of imidazole rings is 1. The normalized spacial score (nSPS) is 11.2. The van der Waals surface area contributed by atoms with Crippen molar-refractivity contribution in [2.24, 2.45) is 7.05 Å². The molecule has 6 nitrogen and oxygen atoms in total. The second-order valence-electron chi connectivity index (χ2n) is 6.11. The highest BCUT2D eigenvalue weighted by molar-refractivity contribution is 7.99. The molecule has 0 unspecified atom stereocenters. The fourth-order valence-corrected chi connectivity index (χ4v) is 4.65. The number of thioether (sulfide) groups is 1. The van der Waals surface area contributed by atoms with Crippen LogP contribution in [0, 0.1) is 0 Å². The molecule has 0 saturated carbocycles. The van der Waals surface area contributed by atoms with Gasteiger partial charge in [0.25, 0.3) is 5.56 Å². The summed E-state index contributed by atoms with van der Waals surface area (Å²) in [5.74, 6) is 0.778. The second kappa shape index (κ2) is 8.12. The van der Waals surface area contributed by atoms with Crippen LogP contribution in [0.4, 0.5) is 0 Å². The predicted octanol–water partition coefficient (Wildman–Crippen LogP) is 3.37. The van der Waals surface area contributed by atoms with E-state index < -0.39 is 11.2 Å². The van der Waals surface area contributed by atoms with Crippen molar-refractivity contribution in [2.45, 2.75) is 21.5 Å². The van der Waals surface area contributed by atoms with Gasteiger partial charge in [-0.1, -0.05) is 48.2 Å². The van der Waals surface area contributed by atoms with Crippen molar-refractivity contribution in [1.82, 2.24) is 19.1 Å². The highest BCUT2D eigenvalue weighted by atomic mass is 32.2. The van der Waals surface area contributed by atoms with Crippen LogP contribution in [0.2, 0.25) is 0 Å². The van der Waals surface area contributed by atoms with Crippen molar-refractivity contribution >= 4 is 34.7 Å². The summed E-state index contributed by atoms with van der Waals surface area (Å²) in [6.07, 6.45) is 0. The molecular formula is C20H18N4O2S2. The van der Waals surface area contributed by atoms with Gasteiger partial charge in [0.15, 0.2) is 16.3 Å². The smallest absolute Gasteiger partial charge is 0.312 e. The standard InChI is InChI=1S/C20H18N4O2S2/c1-23-17-16(18(25)22-19(23)26)24(12-13-27-14-8-4-2-5-9-14)20(21-17)28-15-10-6-3-7-11-15/h2-11H,12-13H2,1H3,(H,22,25,26). The topological polar surface area (TPSA) is 72.7 Å². The molecule has 142 valence electrons. The molecule has 0 radical (unpaired) electrons. The zero-order valence-electron chi connectivity index (χ0n) is 15.2. The Morgan fingerprint density at radius 1 is 0.964 bits per heavy atom. The van der Waals surface area contributed by atoms with Crippen molar-refractivity contribution in [1.29, 1.82) is 0 Å². The number of H-pyrrole nitrogens is 1. The number of aromatic nitrogens is 4. The van der Waals surface area contributed by atoms with Crippen LogP contribution >= 0.6 is 23.5 Å². The third-order valence-corrected chi connectivity index (χ3v) is 6.25. The van der Waals surface area contributed by atoms with Gasteiger partial charge in [0.2, 0.25) is 0 Å². The number of nitrogens with zero attached hydrogens (tertiary/aromatic N) is 3. The van der Waals surface area contributed by atoms with Gasteiger partial charge in [-0.05, 0) is 24.3 Å². The van der Waals surface area contributed by atoms with Crippen LogP contribution in [0.5, 0.6) is 0 Å². The molecular weight excluding hydrogens is 392 g/mol. The van der Waals surface area contributed by atoms with E-state index in [4.69, 9.17) is 0 Å². The molecule has 2 aromatic carbocycles. The van der Waals surface area contributed by atoms with Crippen molar-refractivity contribution in [3.63, 3.8) is 0 Å². The number of hydrogen-bond donors (Lipinski definition) is 1. The number of hydrogen-bond acceptors (Lipinski definition) is 5. The molecule has 0 fully saturated rings. The van der Waals surface area contributed by atoms with Gasteiger partial charge in [-0.15, -0.1) is 11.8 Å². The first-order chi connectivity index (χ1) is 13.6. The summed E-state index contributed by atoms with van der Waals surface area (Å²) in [6, 6.07) is 20.0. The largest absolute Gasteiger partial charge is 0.329 e. The molecule has 0 atom stereocenters. The lowest BCUT2D eigenvalue weighted by atomic mass is 10.4. The Bertz CT molecular complexity index is 1210. The van der Waals surface area contributed by atoms with Crippen LogP contribution in [-0.4, -0.2) is 24.9 Å². The fourth-order valence-electron chi connectivity index (χ4n) is 2.87. The van der Waals surface area contributed by atoms with Crippen LogP contribution in [0.25, 0.3) is 11.2 Å². The minimum atomic E-state index is -0.461. The minimum absolute atomic E-state index is 0.400. The molecule has 0 aliphatic carbocycles. The maximum atomic E-state index is 12.5. The van der Waals surface area contributed by atoms with E-state index in [1.54, 1.807) is 18.8 Å². The highest BCUT2D eigenvalue weighted by Crippen LogP contribution is 2.29. The lowest BCUT2D eigenvalue weighted by Crippen LogP contribution is -2.29. The Kier molecular flexibility index (Phi) is 5.40. The fraction of sp³-hybridized carbons (Fsp3) is 0.150. The van der Waals surface area contributed by atoms with Crippen LogP contribution in [0.1, 0.15) is 0 Å². The summed E-state index contributed by atoms with van der Waals surface area (Å²) in [6.45, 7) is 0.604. The van der Waals surface area contributed by atoms with Gasteiger partial charge in [0.1, 0.15) is 0 Å². The van der Waals surface area contributed by atoms with Gasteiger partial charge >= 0.3 is 5.69 Å². The molecule has 4 rings (SSSR count). The molecule has 2 aromatic heterocycles. The quantitative estimate of drug-likeness (QED) is 0.494. The molecule has 0 spiro atoms. The maximum absolute atomic E-state index is 12.5. The summed E-state index contributed by atoms with van der Waals surface area (Å²) in [4.78, 5) is 33.7. The molecule has 0 aliphatic heterocycles. The highest BCUT2D eigenvalue weighted by Gasteiger charge is 2.18. The van der Waals surface area contributed by atoms with Crippen molar-refractivity contribution in [3.05, 3.63) is 81.5 Å². The molecule has 4 aromatic rings. The average molecular weight is 411 g/mol. The van der Waals surface area contributed by atoms with Gasteiger partial charge in [-0.3, -0.25) is 14.3 Å². The van der Waals surface area contributed by atoms with Gasteiger partial charge in [-0.25, -0.2) is 9.78 Å². The molecule has 8 heteroatoms. The van der Waals surface area contributed by atoms with E-state index >= 15 is 0 Å². The molecule has 28 heavy (non-hydrogen) atoms. The maximum Gasteiger partial charge on any atom is 0.329 e. The first-order valence-corrected chi connectivity index (χ1v) is 10.5. The lowest BCUT2D eigenvalue weighted by molar-refractivity contribution is 0.707. The number of benzene rings is 2. The van der Waals surface area contributed by atoms with Crippen LogP contribution in [0.3, 0.4) is 0 Å². The molecule has 1 N–H and O–H groups in total. The third-order valence-electron chi connectivity index (χ3n) is 4.25. The summed E-state index contributed by atoms with van der Waals surface area (Å²) in [7, 11) is 1.62. The van der Waals surface area contributed by atoms with Gasteiger partial charge in [0, 0.05) is 29.1 Å². The molecule has 0 saturated heterocycles.